The van der Waals surface area contributed by atoms with Gasteiger partial charge in [0.1, 0.15) is 0 Å². The van der Waals surface area contributed by atoms with Crippen molar-refractivity contribution in [2.24, 2.45) is 0 Å². The van der Waals surface area contributed by atoms with Crippen molar-refractivity contribution in [2.75, 3.05) is 21.3 Å². The maximum atomic E-state index is 5.31. The minimum Gasteiger partial charge on any atom is -0.493 e. The minimum atomic E-state index is 0.759. The molecule has 0 saturated heterocycles. The highest BCUT2D eigenvalue weighted by molar-refractivity contribution is 5.43. The second-order valence-electron chi connectivity index (χ2n) is 4.41. The first-order valence-corrected chi connectivity index (χ1v) is 6.27. The molecular weight excluding hydrogens is 240 g/mol. The molecule has 0 amide bonds. The number of ether oxygens (including phenoxy) is 2. The molecule has 1 aromatic carbocycles. The van der Waals surface area contributed by atoms with Crippen molar-refractivity contribution in [1.29, 1.82) is 0 Å². The lowest BCUT2D eigenvalue weighted by atomic mass is 10.2. The third kappa shape index (κ3) is 3.29. The average molecular weight is 260 g/mol. The second-order valence-corrected chi connectivity index (χ2v) is 4.41. The quantitative estimate of drug-likeness (QED) is 0.865. The van der Waals surface area contributed by atoms with Crippen LogP contribution in [0.2, 0.25) is 0 Å². The van der Waals surface area contributed by atoms with E-state index in [4.69, 9.17) is 9.47 Å². The van der Waals surface area contributed by atoms with Gasteiger partial charge in [0.05, 0.1) is 14.2 Å². The molecule has 1 N–H and O–H groups in total. The zero-order valence-electron chi connectivity index (χ0n) is 11.6. The summed E-state index contributed by atoms with van der Waals surface area (Å²) in [6.07, 6.45) is 4.23. The fraction of sp³-hybridized carbons (Fsp3) is 0.333. The molecule has 0 radical (unpaired) electrons. The summed E-state index contributed by atoms with van der Waals surface area (Å²) < 4.78 is 12.7. The molecule has 0 aliphatic heterocycles. The lowest BCUT2D eigenvalue weighted by Crippen LogP contribution is -2.04. The first-order chi connectivity index (χ1) is 9.26. The Morgan fingerprint density at radius 2 is 1.84 bits per heavy atom. The fourth-order valence-corrected chi connectivity index (χ4v) is 2.09. The monoisotopic (exact) mass is 260 g/mol. The number of nitrogens with one attached hydrogen (secondary N) is 1. The molecule has 102 valence electrons. The molecule has 1 heterocycles. The number of hydrogen-bond acceptors (Lipinski definition) is 3. The lowest BCUT2D eigenvalue weighted by molar-refractivity contribution is 0.354. The Balaban J connectivity index is 2.13. The lowest BCUT2D eigenvalue weighted by Gasteiger charge is -2.10. The van der Waals surface area contributed by atoms with Crippen molar-refractivity contribution in [2.45, 2.75) is 13.1 Å². The number of benzene rings is 1. The maximum Gasteiger partial charge on any atom is 0.161 e. The van der Waals surface area contributed by atoms with Crippen molar-refractivity contribution in [3.63, 3.8) is 0 Å². The van der Waals surface area contributed by atoms with Gasteiger partial charge in [-0.15, -0.1) is 0 Å². The molecule has 4 heteroatoms. The SMILES string of the molecule is CNCc1ccn(Cc2ccc(OC)c(OC)c2)c1. The molecule has 0 spiro atoms. The number of aromatic nitrogens is 1. The molecule has 4 nitrogen and oxygen atoms in total. The van der Waals surface area contributed by atoms with Gasteiger partial charge in [-0.2, -0.15) is 0 Å². The Labute approximate surface area is 114 Å². The third-order valence-electron chi connectivity index (χ3n) is 3.01. The second kappa shape index (κ2) is 6.29. The third-order valence-corrected chi connectivity index (χ3v) is 3.01. The standard InChI is InChI=1S/C15H20N2O2/c1-16-9-13-6-7-17(11-13)10-12-4-5-14(18-2)15(8-12)19-3/h4-8,11,16H,9-10H2,1-3H3. The van der Waals surface area contributed by atoms with Gasteiger partial charge < -0.3 is 19.4 Å². The Kier molecular flexibility index (Phi) is 4.47. The summed E-state index contributed by atoms with van der Waals surface area (Å²) in [5.41, 5.74) is 2.47. The fourth-order valence-electron chi connectivity index (χ4n) is 2.09. The van der Waals surface area contributed by atoms with Crippen molar-refractivity contribution in [3.8, 4) is 11.5 Å². The number of nitrogens with zero attached hydrogens (tertiary/aromatic N) is 1. The van der Waals surface area contributed by atoms with Crippen molar-refractivity contribution in [1.82, 2.24) is 9.88 Å². The molecule has 0 bridgehead atoms. The van der Waals surface area contributed by atoms with Gasteiger partial charge in [0, 0.05) is 25.5 Å². The van der Waals surface area contributed by atoms with Crippen LogP contribution in [0.3, 0.4) is 0 Å². The van der Waals surface area contributed by atoms with Gasteiger partial charge in [0.25, 0.3) is 0 Å². The summed E-state index contributed by atoms with van der Waals surface area (Å²) in [5.74, 6) is 1.53. The molecule has 0 unspecified atom stereocenters. The van der Waals surface area contributed by atoms with E-state index in [9.17, 15) is 0 Å². The van der Waals surface area contributed by atoms with E-state index in [2.05, 4.69) is 34.4 Å². The number of methoxy groups -OCH3 is 2. The Morgan fingerprint density at radius 3 is 2.53 bits per heavy atom. The normalized spacial score (nSPS) is 10.5. The van der Waals surface area contributed by atoms with Crippen molar-refractivity contribution in [3.05, 3.63) is 47.8 Å². The van der Waals surface area contributed by atoms with E-state index in [1.807, 2.05) is 19.2 Å². The van der Waals surface area contributed by atoms with E-state index < -0.39 is 0 Å². The van der Waals surface area contributed by atoms with Crippen LogP contribution in [0, 0.1) is 0 Å². The molecule has 0 saturated carbocycles. The van der Waals surface area contributed by atoms with Crippen LogP contribution < -0.4 is 14.8 Å². The largest absolute Gasteiger partial charge is 0.493 e. The minimum absolute atomic E-state index is 0.759. The smallest absolute Gasteiger partial charge is 0.161 e. The van der Waals surface area contributed by atoms with E-state index in [1.165, 1.54) is 11.1 Å². The predicted molar refractivity (Wildman–Crippen MR) is 75.8 cm³/mol. The maximum absolute atomic E-state index is 5.31. The summed E-state index contributed by atoms with van der Waals surface area (Å²) in [7, 11) is 5.25. The van der Waals surface area contributed by atoms with Gasteiger partial charge in [0.2, 0.25) is 0 Å². The summed E-state index contributed by atoms with van der Waals surface area (Å²) in [4.78, 5) is 0. The van der Waals surface area contributed by atoms with E-state index >= 15 is 0 Å². The first-order valence-electron chi connectivity index (χ1n) is 6.27. The molecule has 19 heavy (non-hydrogen) atoms. The molecular formula is C15H20N2O2. The van der Waals surface area contributed by atoms with Crippen LogP contribution in [0.5, 0.6) is 11.5 Å². The van der Waals surface area contributed by atoms with Crippen LogP contribution in [-0.4, -0.2) is 25.8 Å². The molecule has 0 aliphatic carbocycles. The van der Waals surface area contributed by atoms with Gasteiger partial charge in [0.15, 0.2) is 11.5 Å². The van der Waals surface area contributed by atoms with Crippen molar-refractivity contribution < 1.29 is 9.47 Å². The van der Waals surface area contributed by atoms with E-state index in [1.54, 1.807) is 14.2 Å². The summed E-state index contributed by atoms with van der Waals surface area (Å²) in [6, 6.07) is 8.12. The highest BCUT2D eigenvalue weighted by Gasteiger charge is 2.05. The molecule has 2 aromatic rings. The average Bonchev–Trinajstić information content (AvgIpc) is 2.86. The summed E-state index contributed by atoms with van der Waals surface area (Å²) >= 11 is 0. The molecule has 0 aliphatic rings. The molecule has 1 aromatic heterocycles. The van der Waals surface area contributed by atoms with Crippen LogP contribution >= 0.6 is 0 Å². The van der Waals surface area contributed by atoms with Gasteiger partial charge in [-0.05, 0) is 36.4 Å². The van der Waals surface area contributed by atoms with Crippen LogP contribution in [0.25, 0.3) is 0 Å². The van der Waals surface area contributed by atoms with Crippen molar-refractivity contribution >= 4 is 0 Å². The van der Waals surface area contributed by atoms with Crippen LogP contribution in [0.4, 0.5) is 0 Å². The Morgan fingerprint density at radius 1 is 1.05 bits per heavy atom. The zero-order valence-corrected chi connectivity index (χ0v) is 11.6. The van der Waals surface area contributed by atoms with Crippen LogP contribution in [-0.2, 0) is 13.1 Å². The van der Waals surface area contributed by atoms with E-state index in [0.717, 1.165) is 24.6 Å². The highest BCUT2D eigenvalue weighted by atomic mass is 16.5. The molecule has 0 atom stereocenters. The summed E-state index contributed by atoms with van der Waals surface area (Å²) in [6.45, 7) is 1.71. The topological polar surface area (TPSA) is 35.4 Å². The summed E-state index contributed by atoms with van der Waals surface area (Å²) in [5, 5.41) is 3.14. The van der Waals surface area contributed by atoms with Gasteiger partial charge >= 0.3 is 0 Å². The highest BCUT2D eigenvalue weighted by Crippen LogP contribution is 2.27. The van der Waals surface area contributed by atoms with Crippen LogP contribution in [0.15, 0.2) is 36.7 Å². The number of hydrogen-bond donors (Lipinski definition) is 1. The molecule has 2 rings (SSSR count). The van der Waals surface area contributed by atoms with Gasteiger partial charge in [-0.3, -0.25) is 0 Å². The Bertz CT molecular complexity index is 535. The zero-order chi connectivity index (χ0) is 13.7. The first kappa shape index (κ1) is 13.5. The van der Waals surface area contributed by atoms with Gasteiger partial charge in [-0.1, -0.05) is 6.07 Å². The van der Waals surface area contributed by atoms with Crippen LogP contribution in [0.1, 0.15) is 11.1 Å². The number of rotatable bonds is 6. The molecule has 0 fully saturated rings. The van der Waals surface area contributed by atoms with Gasteiger partial charge in [-0.25, -0.2) is 0 Å². The van der Waals surface area contributed by atoms with E-state index in [-0.39, 0.29) is 0 Å². The predicted octanol–water partition coefficient (Wildman–Crippen LogP) is 2.27. The Hall–Kier alpha value is -1.94. The van der Waals surface area contributed by atoms with E-state index in [0.29, 0.717) is 0 Å².